The third kappa shape index (κ3) is 2.55. The Morgan fingerprint density at radius 1 is 1.77 bits per heavy atom. The molecule has 1 aromatic rings. The summed E-state index contributed by atoms with van der Waals surface area (Å²) in [5.74, 6) is -0.0577. The first-order chi connectivity index (χ1) is 6.11. The molecular weight excluding hydrogens is 192 g/mol. The summed E-state index contributed by atoms with van der Waals surface area (Å²) in [6.07, 6.45) is 2.77. The Balaban J connectivity index is 2.74. The molecule has 13 heavy (non-hydrogen) atoms. The van der Waals surface area contributed by atoms with E-state index in [9.17, 15) is 4.79 Å². The van der Waals surface area contributed by atoms with Gasteiger partial charge in [0.1, 0.15) is 23.2 Å². The minimum atomic E-state index is -0.507. The molecule has 0 bridgehead atoms. The van der Waals surface area contributed by atoms with Crippen molar-refractivity contribution >= 4 is 23.3 Å². The zero-order chi connectivity index (χ0) is 9.84. The van der Waals surface area contributed by atoms with Gasteiger partial charge in [0.25, 0.3) is 0 Å². The predicted molar refractivity (Wildman–Crippen MR) is 49.3 cm³/mol. The largest absolute Gasteiger partial charge is 0.368 e. The molecule has 0 spiro atoms. The molecule has 3 N–H and O–H groups in total. The van der Waals surface area contributed by atoms with Gasteiger partial charge >= 0.3 is 0 Å². The summed E-state index contributed by atoms with van der Waals surface area (Å²) in [5, 5.41) is 3.11. The maximum Gasteiger partial charge on any atom is 0.239 e. The van der Waals surface area contributed by atoms with E-state index < -0.39 is 11.9 Å². The van der Waals surface area contributed by atoms with E-state index in [1.54, 1.807) is 6.92 Å². The second kappa shape index (κ2) is 4.04. The fourth-order valence-corrected chi connectivity index (χ4v) is 0.855. The van der Waals surface area contributed by atoms with Gasteiger partial charge in [0, 0.05) is 0 Å². The molecule has 1 rings (SSSR count). The summed E-state index contributed by atoms with van der Waals surface area (Å²) < 4.78 is 0. The van der Waals surface area contributed by atoms with Gasteiger partial charge in [0.05, 0.1) is 6.20 Å². The lowest BCUT2D eigenvalue weighted by Crippen LogP contribution is -2.32. The molecule has 1 heterocycles. The average molecular weight is 201 g/mol. The molecule has 5 nitrogen and oxygen atoms in total. The Hall–Kier alpha value is -1.36. The number of aromatic nitrogens is 2. The Bertz CT molecular complexity index is 317. The van der Waals surface area contributed by atoms with E-state index >= 15 is 0 Å². The third-order valence-electron chi connectivity index (χ3n) is 1.45. The van der Waals surface area contributed by atoms with E-state index in [1.807, 2.05) is 0 Å². The Morgan fingerprint density at radius 2 is 2.46 bits per heavy atom. The van der Waals surface area contributed by atoms with Gasteiger partial charge in [-0.1, -0.05) is 11.6 Å². The van der Waals surface area contributed by atoms with Gasteiger partial charge in [-0.2, -0.15) is 0 Å². The number of carbonyl (C=O) groups excluding carboxylic acids is 1. The number of rotatable bonds is 3. The van der Waals surface area contributed by atoms with Crippen LogP contribution in [0.4, 0.5) is 5.82 Å². The predicted octanol–water partition coefficient (Wildman–Crippen LogP) is 0.416. The van der Waals surface area contributed by atoms with Crippen LogP contribution < -0.4 is 11.1 Å². The topological polar surface area (TPSA) is 80.9 Å². The van der Waals surface area contributed by atoms with E-state index in [0.29, 0.717) is 10.8 Å². The van der Waals surface area contributed by atoms with Crippen molar-refractivity contribution in [2.24, 2.45) is 5.73 Å². The van der Waals surface area contributed by atoms with Crippen LogP contribution in [0.3, 0.4) is 0 Å². The highest BCUT2D eigenvalue weighted by molar-refractivity contribution is 6.32. The van der Waals surface area contributed by atoms with E-state index in [-0.39, 0.29) is 0 Å². The second-order valence-corrected chi connectivity index (χ2v) is 2.89. The van der Waals surface area contributed by atoms with Crippen molar-refractivity contribution in [3.63, 3.8) is 0 Å². The highest BCUT2D eigenvalue weighted by Gasteiger charge is 2.10. The summed E-state index contributed by atoms with van der Waals surface area (Å²) >= 11 is 5.73. The van der Waals surface area contributed by atoms with Gasteiger partial charge < -0.3 is 11.1 Å². The number of hydrogen-bond donors (Lipinski definition) is 2. The number of halogens is 1. The molecular formula is C7H9ClN4O. The van der Waals surface area contributed by atoms with Gasteiger partial charge in [-0.25, -0.2) is 9.97 Å². The summed E-state index contributed by atoms with van der Waals surface area (Å²) in [6.45, 7) is 1.63. The van der Waals surface area contributed by atoms with Crippen LogP contribution in [-0.2, 0) is 4.79 Å². The van der Waals surface area contributed by atoms with Gasteiger partial charge in [0.2, 0.25) is 5.91 Å². The molecule has 0 saturated heterocycles. The molecule has 1 unspecified atom stereocenters. The van der Waals surface area contributed by atoms with E-state index in [2.05, 4.69) is 15.3 Å². The highest BCUT2D eigenvalue weighted by Crippen LogP contribution is 2.16. The van der Waals surface area contributed by atoms with Crippen molar-refractivity contribution in [1.82, 2.24) is 9.97 Å². The van der Waals surface area contributed by atoms with Crippen LogP contribution in [0.2, 0.25) is 5.02 Å². The first-order valence-corrected chi connectivity index (χ1v) is 4.00. The molecule has 70 valence electrons. The zero-order valence-corrected chi connectivity index (χ0v) is 7.75. The summed E-state index contributed by atoms with van der Waals surface area (Å²) in [4.78, 5) is 18.2. The van der Waals surface area contributed by atoms with E-state index in [0.717, 1.165) is 0 Å². The molecule has 1 atom stereocenters. The van der Waals surface area contributed by atoms with Crippen molar-refractivity contribution in [1.29, 1.82) is 0 Å². The van der Waals surface area contributed by atoms with Crippen LogP contribution in [-0.4, -0.2) is 21.9 Å². The van der Waals surface area contributed by atoms with Crippen molar-refractivity contribution in [3.05, 3.63) is 17.5 Å². The molecule has 0 saturated carbocycles. The Labute approximate surface area is 80.3 Å². The van der Waals surface area contributed by atoms with Gasteiger partial charge in [-0.15, -0.1) is 0 Å². The molecule has 0 aliphatic rings. The normalized spacial score (nSPS) is 12.2. The summed E-state index contributed by atoms with van der Waals surface area (Å²) in [5.41, 5.74) is 5.05. The minimum absolute atomic E-state index is 0.357. The molecule has 0 radical (unpaired) electrons. The molecule has 6 heteroatoms. The lowest BCUT2D eigenvalue weighted by atomic mass is 10.3. The first-order valence-electron chi connectivity index (χ1n) is 3.62. The number of primary amides is 1. The van der Waals surface area contributed by atoms with Crippen LogP contribution in [0, 0.1) is 0 Å². The van der Waals surface area contributed by atoms with Crippen LogP contribution in [0.5, 0.6) is 0 Å². The highest BCUT2D eigenvalue weighted by atomic mass is 35.5. The second-order valence-electron chi connectivity index (χ2n) is 2.49. The third-order valence-corrected chi connectivity index (χ3v) is 1.72. The van der Waals surface area contributed by atoms with Crippen molar-refractivity contribution < 1.29 is 4.79 Å². The Kier molecular flexibility index (Phi) is 3.02. The van der Waals surface area contributed by atoms with Crippen molar-refractivity contribution in [3.8, 4) is 0 Å². The number of nitrogens with one attached hydrogen (secondary N) is 1. The standard InChI is InChI=1S/C7H9ClN4O/c1-4(6(9)13)12-7-5(8)2-10-3-11-7/h2-4H,1H3,(H2,9,13)(H,10,11,12). The molecule has 1 aromatic heterocycles. The van der Waals surface area contributed by atoms with Crippen LogP contribution >= 0.6 is 11.6 Å². The summed E-state index contributed by atoms with van der Waals surface area (Å²) in [7, 11) is 0. The molecule has 0 aliphatic carbocycles. The van der Waals surface area contributed by atoms with Crippen LogP contribution in [0.25, 0.3) is 0 Å². The SMILES string of the molecule is CC(Nc1ncncc1Cl)C(N)=O. The number of nitrogens with two attached hydrogens (primary N) is 1. The van der Waals surface area contributed by atoms with Crippen molar-refractivity contribution in [2.75, 3.05) is 5.32 Å². The quantitative estimate of drug-likeness (QED) is 0.741. The smallest absolute Gasteiger partial charge is 0.239 e. The van der Waals surface area contributed by atoms with Gasteiger partial charge in [0.15, 0.2) is 0 Å². The number of amides is 1. The summed E-state index contributed by atoms with van der Waals surface area (Å²) in [6, 6.07) is -0.507. The van der Waals surface area contributed by atoms with E-state index in [4.69, 9.17) is 17.3 Å². The van der Waals surface area contributed by atoms with Crippen LogP contribution in [0.1, 0.15) is 6.92 Å². The molecule has 0 aromatic carbocycles. The number of anilines is 1. The maximum atomic E-state index is 10.7. The van der Waals surface area contributed by atoms with E-state index in [1.165, 1.54) is 12.5 Å². The molecule has 0 aliphatic heterocycles. The first kappa shape index (κ1) is 9.73. The molecule has 1 amide bonds. The minimum Gasteiger partial charge on any atom is -0.368 e. The van der Waals surface area contributed by atoms with Crippen molar-refractivity contribution in [2.45, 2.75) is 13.0 Å². The fraction of sp³-hybridized carbons (Fsp3) is 0.286. The average Bonchev–Trinajstić information content (AvgIpc) is 2.08. The fourth-order valence-electron chi connectivity index (χ4n) is 0.695. The van der Waals surface area contributed by atoms with Gasteiger partial charge in [-0.3, -0.25) is 4.79 Å². The molecule has 0 fully saturated rings. The monoisotopic (exact) mass is 200 g/mol. The zero-order valence-electron chi connectivity index (χ0n) is 6.99. The lowest BCUT2D eigenvalue weighted by molar-refractivity contribution is -0.118. The van der Waals surface area contributed by atoms with Crippen LogP contribution in [0.15, 0.2) is 12.5 Å². The number of nitrogens with zero attached hydrogens (tertiary/aromatic N) is 2. The number of carbonyl (C=O) groups is 1. The van der Waals surface area contributed by atoms with Gasteiger partial charge in [-0.05, 0) is 6.92 Å². The Morgan fingerprint density at radius 3 is 3.00 bits per heavy atom. The maximum absolute atomic E-state index is 10.7. The lowest BCUT2D eigenvalue weighted by Gasteiger charge is -2.10. The number of hydrogen-bond acceptors (Lipinski definition) is 4.